The van der Waals surface area contributed by atoms with Crippen LogP contribution in [0.1, 0.15) is 32.6 Å². The van der Waals surface area contributed by atoms with Gasteiger partial charge in [0.15, 0.2) is 0 Å². The monoisotopic (exact) mass is 168 g/mol. The second-order valence-electron chi connectivity index (χ2n) is 4.04. The van der Waals surface area contributed by atoms with Crippen molar-refractivity contribution < 1.29 is 0 Å². The molecule has 1 heterocycles. The van der Waals surface area contributed by atoms with Gasteiger partial charge in [-0.15, -0.1) is 0 Å². The summed E-state index contributed by atoms with van der Waals surface area (Å²) in [4.78, 5) is 2.65. The largest absolute Gasteiger partial charge is 0.311 e. The van der Waals surface area contributed by atoms with Crippen LogP contribution in [0.4, 0.5) is 0 Å². The Kier molecular flexibility index (Phi) is 2.66. The van der Waals surface area contributed by atoms with Gasteiger partial charge in [-0.1, -0.05) is 19.8 Å². The van der Waals surface area contributed by atoms with Crippen LogP contribution in [-0.2, 0) is 0 Å². The molecule has 1 N–H and O–H groups in total. The lowest BCUT2D eigenvalue weighted by Crippen LogP contribution is -2.58. The zero-order chi connectivity index (χ0) is 8.39. The van der Waals surface area contributed by atoms with E-state index in [1.165, 1.54) is 45.3 Å². The molecule has 0 aromatic heterocycles. The van der Waals surface area contributed by atoms with Crippen LogP contribution in [0.2, 0.25) is 0 Å². The summed E-state index contributed by atoms with van der Waals surface area (Å²) in [5, 5.41) is 3.64. The number of fused-ring (bicyclic) bond motifs is 1. The molecule has 70 valence electrons. The van der Waals surface area contributed by atoms with Crippen LogP contribution in [0, 0.1) is 0 Å². The van der Waals surface area contributed by atoms with Gasteiger partial charge < -0.3 is 5.32 Å². The molecule has 2 fully saturated rings. The third-order valence-electron chi connectivity index (χ3n) is 3.41. The van der Waals surface area contributed by atoms with Crippen LogP contribution in [0.5, 0.6) is 0 Å². The maximum absolute atomic E-state index is 3.64. The van der Waals surface area contributed by atoms with E-state index in [9.17, 15) is 0 Å². The topological polar surface area (TPSA) is 15.3 Å². The van der Waals surface area contributed by atoms with Crippen LogP contribution in [0.25, 0.3) is 0 Å². The normalized spacial score (nSPS) is 37.8. The molecular weight excluding hydrogens is 148 g/mol. The molecule has 2 aliphatic rings. The van der Waals surface area contributed by atoms with Gasteiger partial charge in [-0.2, -0.15) is 0 Å². The quantitative estimate of drug-likeness (QED) is 0.633. The Morgan fingerprint density at radius 2 is 2.17 bits per heavy atom. The first kappa shape index (κ1) is 8.52. The molecule has 2 rings (SSSR count). The zero-order valence-corrected chi connectivity index (χ0v) is 8.05. The summed E-state index contributed by atoms with van der Waals surface area (Å²) in [5.74, 6) is 0. The van der Waals surface area contributed by atoms with E-state index in [0.717, 1.165) is 12.1 Å². The van der Waals surface area contributed by atoms with Gasteiger partial charge in [0.1, 0.15) is 0 Å². The second kappa shape index (κ2) is 3.75. The van der Waals surface area contributed by atoms with E-state index in [1.807, 2.05) is 0 Å². The van der Waals surface area contributed by atoms with Crippen LogP contribution >= 0.6 is 0 Å². The minimum Gasteiger partial charge on any atom is -0.311 e. The van der Waals surface area contributed by atoms with Crippen molar-refractivity contribution in [3.8, 4) is 0 Å². The number of hydrogen-bond donors (Lipinski definition) is 1. The molecule has 2 atom stereocenters. The lowest BCUT2D eigenvalue weighted by Gasteiger charge is -2.44. The van der Waals surface area contributed by atoms with E-state index >= 15 is 0 Å². The van der Waals surface area contributed by atoms with Crippen molar-refractivity contribution in [2.45, 2.75) is 44.7 Å². The fourth-order valence-electron chi connectivity index (χ4n) is 2.74. The van der Waals surface area contributed by atoms with Crippen LogP contribution < -0.4 is 5.32 Å². The number of nitrogens with one attached hydrogen (secondary N) is 1. The Morgan fingerprint density at radius 3 is 3.00 bits per heavy atom. The lowest BCUT2D eigenvalue weighted by atomic mass is 9.88. The van der Waals surface area contributed by atoms with Crippen molar-refractivity contribution in [1.29, 1.82) is 0 Å². The summed E-state index contributed by atoms with van der Waals surface area (Å²) in [6.45, 7) is 5.99. The third-order valence-corrected chi connectivity index (χ3v) is 3.41. The van der Waals surface area contributed by atoms with E-state index < -0.39 is 0 Å². The number of rotatable bonds is 1. The summed E-state index contributed by atoms with van der Waals surface area (Å²) in [6, 6.07) is 1.67. The molecule has 1 aliphatic carbocycles. The van der Waals surface area contributed by atoms with Crippen molar-refractivity contribution in [2.75, 3.05) is 19.6 Å². The number of likely N-dealkylation sites (N-methyl/N-ethyl adjacent to an activating group) is 1. The molecule has 12 heavy (non-hydrogen) atoms. The Labute approximate surface area is 75.3 Å². The van der Waals surface area contributed by atoms with Gasteiger partial charge in [0, 0.05) is 25.2 Å². The summed E-state index contributed by atoms with van der Waals surface area (Å²) >= 11 is 0. The van der Waals surface area contributed by atoms with E-state index in [0.29, 0.717) is 0 Å². The summed E-state index contributed by atoms with van der Waals surface area (Å²) in [7, 11) is 0. The van der Waals surface area contributed by atoms with Gasteiger partial charge in [0.25, 0.3) is 0 Å². The summed E-state index contributed by atoms with van der Waals surface area (Å²) < 4.78 is 0. The van der Waals surface area contributed by atoms with E-state index in [2.05, 4.69) is 17.1 Å². The van der Waals surface area contributed by atoms with Crippen molar-refractivity contribution in [2.24, 2.45) is 0 Å². The van der Waals surface area contributed by atoms with E-state index in [1.54, 1.807) is 0 Å². The van der Waals surface area contributed by atoms with Gasteiger partial charge >= 0.3 is 0 Å². The molecule has 0 unspecified atom stereocenters. The highest BCUT2D eigenvalue weighted by molar-refractivity contribution is 4.91. The third kappa shape index (κ3) is 1.50. The van der Waals surface area contributed by atoms with E-state index in [4.69, 9.17) is 0 Å². The molecule has 0 aromatic carbocycles. The average molecular weight is 168 g/mol. The maximum atomic E-state index is 3.64. The van der Waals surface area contributed by atoms with Crippen molar-refractivity contribution >= 4 is 0 Å². The van der Waals surface area contributed by atoms with Crippen LogP contribution in [0.3, 0.4) is 0 Å². The molecule has 1 saturated carbocycles. The minimum absolute atomic E-state index is 0.812. The maximum Gasteiger partial charge on any atom is 0.0249 e. The van der Waals surface area contributed by atoms with Crippen molar-refractivity contribution in [1.82, 2.24) is 10.2 Å². The van der Waals surface area contributed by atoms with E-state index in [-0.39, 0.29) is 0 Å². The molecule has 0 radical (unpaired) electrons. The van der Waals surface area contributed by atoms with Crippen molar-refractivity contribution in [3.63, 3.8) is 0 Å². The average Bonchev–Trinajstić information content (AvgIpc) is 2.17. The van der Waals surface area contributed by atoms with Gasteiger partial charge in [-0.3, -0.25) is 4.90 Å². The minimum atomic E-state index is 0.812. The molecule has 2 heteroatoms. The summed E-state index contributed by atoms with van der Waals surface area (Å²) in [5.41, 5.74) is 0. The highest BCUT2D eigenvalue weighted by atomic mass is 15.2. The van der Waals surface area contributed by atoms with Gasteiger partial charge in [0.2, 0.25) is 0 Å². The standard InChI is InChI=1S/C10H20N2/c1-2-12-8-7-11-9-5-3-4-6-10(9)12/h9-11H,2-8H2,1H3/t9-,10-/m1/s1. The Hall–Kier alpha value is -0.0800. The second-order valence-corrected chi connectivity index (χ2v) is 4.04. The predicted octanol–water partition coefficient (Wildman–Crippen LogP) is 1.22. The molecule has 0 amide bonds. The highest BCUT2D eigenvalue weighted by Crippen LogP contribution is 2.24. The Morgan fingerprint density at radius 1 is 1.33 bits per heavy atom. The van der Waals surface area contributed by atoms with Gasteiger partial charge in [-0.05, 0) is 19.4 Å². The Bertz CT molecular complexity index is 138. The fraction of sp³-hybridized carbons (Fsp3) is 1.00. The first-order valence-electron chi connectivity index (χ1n) is 5.39. The molecule has 0 aromatic rings. The fourth-order valence-corrected chi connectivity index (χ4v) is 2.74. The highest BCUT2D eigenvalue weighted by Gasteiger charge is 2.31. The molecule has 2 nitrogen and oxygen atoms in total. The Balaban J connectivity index is 1.99. The predicted molar refractivity (Wildman–Crippen MR) is 51.3 cm³/mol. The molecule has 1 saturated heterocycles. The smallest absolute Gasteiger partial charge is 0.0249 e. The number of piperazine rings is 1. The van der Waals surface area contributed by atoms with Crippen LogP contribution in [0.15, 0.2) is 0 Å². The lowest BCUT2D eigenvalue weighted by molar-refractivity contribution is 0.0935. The molecule has 0 bridgehead atoms. The van der Waals surface area contributed by atoms with Crippen molar-refractivity contribution in [3.05, 3.63) is 0 Å². The van der Waals surface area contributed by atoms with Gasteiger partial charge in [-0.25, -0.2) is 0 Å². The number of hydrogen-bond acceptors (Lipinski definition) is 2. The number of nitrogens with zero attached hydrogens (tertiary/aromatic N) is 1. The molecule has 0 spiro atoms. The van der Waals surface area contributed by atoms with Gasteiger partial charge in [0.05, 0.1) is 0 Å². The zero-order valence-electron chi connectivity index (χ0n) is 8.05. The SMILES string of the molecule is CCN1CCN[C@@H]2CCCC[C@H]21. The first-order chi connectivity index (χ1) is 5.92. The van der Waals surface area contributed by atoms with Crippen LogP contribution in [-0.4, -0.2) is 36.6 Å². The summed E-state index contributed by atoms with van der Waals surface area (Å²) in [6.07, 6.45) is 5.71. The molecule has 1 aliphatic heterocycles. The molecular formula is C10H20N2. The first-order valence-corrected chi connectivity index (χ1v) is 5.39.